The van der Waals surface area contributed by atoms with Gasteiger partial charge >= 0.3 is 6.18 Å². The van der Waals surface area contributed by atoms with Gasteiger partial charge in [0, 0.05) is 26.5 Å². The summed E-state index contributed by atoms with van der Waals surface area (Å²) in [5, 5.41) is -0.0869. The van der Waals surface area contributed by atoms with Crippen LogP contribution < -0.4 is 0 Å². The number of alkyl halides is 3. The van der Waals surface area contributed by atoms with Crippen molar-refractivity contribution in [2.75, 3.05) is 5.75 Å². The van der Waals surface area contributed by atoms with Gasteiger partial charge in [-0.25, -0.2) is 28.4 Å². The Hall–Kier alpha value is -3.22. The molecule has 30 heavy (non-hydrogen) atoms. The van der Waals surface area contributed by atoms with Crippen molar-refractivity contribution in [2.45, 2.75) is 18.1 Å². The lowest BCUT2D eigenvalue weighted by molar-refractivity contribution is -0.141. The number of hydrogen-bond donors (Lipinski definition) is 0. The molecule has 0 saturated carbocycles. The maximum absolute atomic E-state index is 13.0. The Morgan fingerprint density at radius 3 is 2.47 bits per heavy atom. The van der Waals surface area contributed by atoms with Crippen molar-refractivity contribution in [3.05, 3.63) is 36.7 Å². The fraction of sp³-hybridized carbons (Fsp3) is 0.294. The van der Waals surface area contributed by atoms with Crippen LogP contribution >= 0.6 is 0 Å². The molecule has 0 aliphatic rings. The van der Waals surface area contributed by atoms with E-state index in [1.54, 1.807) is 20.3 Å². The molecule has 0 aliphatic heterocycles. The van der Waals surface area contributed by atoms with E-state index in [0.717, 1.165) is 12.3 Å². The average Bonchev–Trinajstić information content (AvgIpc) is 3.39. The van der Waals surface area contributed by atoms with E-state index in [-0.39, 0.29) is 33.8 Å². The minimum absolute atomic E-state index is 0.0319. The van der Waals surface area contributed by atoms with Crippen LogP contribution in [0.4, 0.5) is 13.2 Å². The van der Waals surface area contributed by atoms with Gasteiger partial charge in [-0.3, -0.25) is 4.57 Å². The topological polar surface area (TPSA) is 100 Å². The van der Waals surface area contributed by atoms with Gasteiger partial charge in [-0.05, 0) is 6.07 Å². The van der Waals surface area contributed by atoms with Crippen LogP contribution in [0.5, 0.6) is 0 Å². The highest BCUT2D eigenvalue weighted by Gasteiger charge is 2.34. The predicted octanol–water partition coefficient (Wildman–Crippen LogP) is 2.37. The van der Waals surface area contributed by atoms with E-state index in [0.29, 0.717) is 5.52 Å². The van der Waals surface area contributed by atoms with E-state index in [4.69, 9.17) is 0 Å². The fourth-order valence-corrected chi connectivity index (χ4v) is 4.38. The van der Waals surface area contributed by atoms with Crippen LogP contribution in [0.3, 0.4) is 0 Å². The molecule has 0 saturated heterocycles. The largest absolute Gasteiger partial charge is 0.433 e. The number of imidazole rings is 3. The molecule has 0 N–H and O–H groups in total. The molecule has 9 nitrogen and oxygen atoms in total. The number of fused-ring (bicyclic) bond motifs is 1. The highest BCUT2D eigenvalue weighted by molar-refractivity contribution is 7.91. The first-order valence-electron chi connectivity index (χ1n) is 8.72. The van der Waals surface area contributed by atoms with Crippen LogP contribution in [0.1, 0.15) is 12.6 Å². The molecule has 0 aliphatic carbocycles. The Kier molecular flexibility index (Phi) is 4.45. The summed E-state index contributed by atoms with van der Waals surface area (Å²) in [4.78, 5) is 16.1. The van der Waals surface area contributed by atoms with Crippen LogP contribution in [0.15, 0.2) is 36.0 Å². The molecule has 13 heteroatoms. The SMILES string of the molecule is CCS(=O)(=O)c1c(-c2nc3cc(C(F)(F)F)ncc3n2C)nc(-n2ccnc2)n1C. The monoisotopic (exact) mass is 439 g/mol. The third-order valence-electron chi connectivity index (χ3n) is 4.70. The molecule has 4 aromatic rings. The van der Waals surface area contributed by atoms with Crippen molar-refractivity contribution in [3.8, 4) is 17.5 Å². The molecule has 158 valence electrons. The summed E-state index contributed by atoms with van der Waals surface area (Å²) in [5.74, 6) is 0.197. The van der Waals surface area contributed by atoms with E-state index < -0.39 is 21.7 Å². The molecule has 0 amide bonds. The standard InChI is InChI=1S/C17H16F3N7O2S/c1-4-30(28,29)15-13(24-16(26(15)3)27-6-5-21-9-27)14-23-10-7-12(17(18,19)20)22-8-11(10)25(14)2/h5-9H,4H2,1-3H3. The van der Waals surface area contributed by atoms with Crippen LogP contribution in [-0.4, -0.2) is 47.8 Å². The number of aromatic nitrogens is 7. The van der Waals surface area contributed by atoms with E-state index in [1.165, 1.54) is 33.1 Å². The van der Waals surface area contributed by atoms with Gasteiger partial charge in [0.2, 0.25) is 5.95 Å². The summed E-state index contributed by atoms with van der Waals surface area (Å²) in [5.41, 5.74) is -0.700. The van der Waals surface area contributed by atoms with Gasteiger partial charge in [-0.1, -0.05) is 6.92 Å². The molecule has 0 radical (unpaired) electrons. The maximum atomic E-state index is 13.0. The molecular weight excluding hydrogens is 423 g/mol. The second kappa shape index (κ2) is 6.65. The second-order valence-electron chi connectivity index (χ2n) is 6.55. The van der Waals surface area contributed by atoms with Crippen molar-refractivity contribution in [1.29, 1.82) is 0 Å². The zero-order valence-corrected chi connectivity index (χ0v) is 16.9. The molecule has 4 rings (SSSR count). The lowest BCUT2D eigenvalue weighted by atomic mass is 10.3. The Morgan fingerprint density at radius 2 is 1.87 bits per heavy atom. The molecule has 4 aromatic heterocycles. The third kappa shape index (κ3) is 3.05. The summed E-state index contributed by atoms with van der Waals surface area (Å²) in [6, 6.07) is 0.826. The molecular formula is C17H16F3N7O2S. The molecule has 0 spiro atoms. The molecule has 4 heterocycles. The number of sulfone groups is 1. The van der Waals surface area contributed by atoms with E-state index >= 15 is 0 Å². The van der Waals surface area contributed by atoms with Crippen molar-refractivity contribution < 1.29 is 21.6 Å². The van der Waals surface area contributed by atoms with Crippen LogP contribution in [0.2, 0.25) is 0 Å². The first-order chi connectivity index (χ1) is 14.0. The lowest BCUT2D eigenvalue weighted by Gasteiger charge is -2.07. The van der Waals surface area contributed by atoms with Crippen LogP contribution in [0.25, 0.3) is 28.5 Å². The first-order valence-corrected chi connectivity index (χ1v) is 10.4. The number of aryl methyl sites for hydroxylation is 1. The van der Waals surface area contributed by atoms with Gasteiger partial charge < -0.3 is 9.13 Å². The van der Waals surface area contributed by atoms with Crippen molar-refractivity contribution in [1.82, 2.24) is 33.6 Å². The van der Waals surface area contributed by atoms with Gasteiger partial charge in [0.1, 0.15) is 17.7 Å². The van der Waals surface area contributed by atoms with Crippen LogP contribution in [-0.2, 0) is 30.1 Å². The fourth-order valence-electron chi connectivity index (χ4n) is 3.17. The molecule has 0 unspecified atom stereocenters. The molecule has 0 atom stereocenters. The highest BCUT2D eigenvalue weighted by atomic mass is 32.2. The Balaban J connectivity index is 2.01. The summed E-state index contributed by atoms with van der Waals surface area (Å²) >= 11 is 0. The maximum Gasteiger partial charge on any atom is 0.433 e. The van der Waals surface area contributed by atoms with Crippen molar-refractivity contribution >= 4 is 20.9 Å². The minimum atomic E-state index is -4.62. The number of nitrogens with zero attached hydrogens (tertiary/aromatic N) is 7. The average molecular weight is 439 g/mol. The second-order valence-corrected chi connectivity index (χ2v) is 8.74. The van der Waals surface area contributed by atoms with Crippen molar-refractivity contribution in [2.24, 2.45) is 14.1 Å². The van der Waals surface area contributed by atoms with Crippen LogP contribution in [0, 0.1) is 0 Å². The minimum Gasteiger partial charge on any atom is -0.324 e. The van der Waals surface area contributed by atoms with Gasteiger partial charge in [0.05, 0.1) is 23.0 Å². The first kappa shape index (κ1) is 20.1. The van der Waals surface area contributed by atoms with Gasteiger partial charge in [0.15, 0.2) is 20.7 Å². The molecule has 0 bridgehead atoms. The van der Waals surface area contributed by atoms with Gasteiger partial charge in [-0.15, -0.1) is 0 Å². The summed E-state index contributed by atoms with van der Waals surface area (Å²) in [6.07, 6.45) is 1.01. The highest BCUT2D eigenvalue weighted by Crippen LogP contribution is 2.33. The Bertz CT molecular complexity index is 1350. The zero-order valence-electron chi connectivity index (χ0n) is 16.1. The molecule has 0 aromatic carbocycles. The summed E-state index contributed by atoms with van der Waals surface area (Å²) in [6.45, 7) is 1.50. The normalized spacial score (nSPS) is 12.7. The third-order valence-corrected chi connectivity index (χ3v) is 6.51. The quantitative estimate of drug-likeness (QED) is 0.484. The lowest BCUT2D eigenvalue weighted by Crippen LogP contribution is -2.12. The summed E-state index contributed by atoms with van der Waals surface area (Å²) < 4.78 is 69.1. The number of rotatable bonds is 4. The van der Waals surface area contributed by atoms with Crippen molar-refractivity contribution in [3.63, 3.8) is 0 Å². The van der Waals surface area contributed by atoms with E-state index in [2.05, 4.69) is 19.9 Å². The zero-order chi connectivity index (χ0) is 21.8. The predicted molar refractivity (Wildman–Crippen MR) is 101 cm³/mol. The number of halogens is 3. The smallest absolute Gasteiger partial charge is 0.324 e. The number of pyridine rings is 1. The number of hydrogen-bond acceptors (Lipinski definition) is 6. The molecule has 0 fully saturated rings. The summed E-state index contributed by atoms with van der Waals surface area (Å²) in [7, 11) is -0.641. The Labute approximate surface area is 168 Å². The van der Waals surface area contributed by atoms with E-state index in [9.17, 15) is 21.6 Å². The van der Waals surface area contributed by atoms with Gasteiger partial charge in [-0.2, -0.15) is 13.2 Å². The Morgan fingerprint density at radius 1 is 1.13 bits per heavy atom. The van der Waals surface area contributed by atoms with E-state index in [1.807, 2.05) is 0 Å². The van der Waals surface area contributed by atoms with Gasteiger partial charge in [0.25, 0.3) is 0 Å².